The fourth-order valence-corrected chi connectivity index (χ4v) is 1.77. The first-order chi connectivity index (χ1) is 8.97. The zero-order valence-corrected chi connectivity index (χ0v) is 12.1. The van der Waals surface area contributed by atoms with Gasteiger partial charge in [0.2, 0.25) is 11.9 Å². The molecule has 3 N–H and O–H groups in total. The summed E-state index contributed by atoms with van der Waals surface area (Å²) in [5.74, 6) is 1.39. The van der Waals surface area contributed by atoms with E-state index in [2.05, 4.69) is 29.2 Å². The van der Waals surface area contributed by atoms with Crippen molar-refractivity contribution >= 4 is 23.5 Å². The Kier molecular flexibility index (Phi) is 3.95. The highest BCUT2D eigenvalue weighted by Gasteiger charge is 2.09. The molecule has 0 spiro atoms. The molecule has 102 valence electrons. The molecule has 0 saturated heterocycles. The van der Waals surface area contributed by atoms with Crippen LogP contribution < -0.4 is 11.1 Å². The molecule has 0 bridgehead atoms. The van der Waals surface area contributed by atoms with Crippen molar-refractivity contribution in [2.24, 2.45) is 5.92 Å². The molecule has 0 aliphatic heterocycles. The van der Waals surface area contributed by atoms with Crippen LogP contribution in [0.2, 0.25) is 5.02 Å². The van der Waals surface area contributed by atoms with Gasteiger partial charge in [-0.1, -0.05) is 31.5 Å². The van der Waals surface area contributed by atoms with Crippen molar-refractivity contribution in [3.05, 3.63) is 28.8 Å². The van der Waals surface area contributed by atoms with E-state index in [0.717, 1.165) is 17.8 Å². The Hall–Kier alpha value is -1.75. The maximum atomic E-state index is 6.11. The molecule has 0 unspecified atom stereocenters. The predicted molar refractivity (Wildman–Crippen MR) is 78.8 cm³/mol. The molecule has 0 saturated carbocycles. The number of hydrogen-bond acceptors (Lipinski definition) is 4. The van der Waals surface area contributed by atoms with E-state index in [1.165, 1.54) is 0 Å². The molecule has 1 aromatic heterocycles. The molecule has 6 heteroatoms. The lowest BCUT2D eigenvalue weighted by Gasteiger charge is -2.05. The fourth-order valence-electron chi connectivity index (χ4n) is 1.60. The second kappa shape index (κ2) is 5.48. The summed E-state index contributed by atoms with van der Waals surface area (Å²) in [4.78, 5) is 4.19. The zero-order valence-electron chi connectivity index (χ0n) is 11.3. The second-order valence-corrected chi connectivity index (χ2v) is 5.32. The standard InChI is InChI=1S/C13H18ClN5/c1-8(2)7-16-13-17-12(15)19(18-13)10-5-4-9(3)11(14)6-10/h4-6,8H,7H2,1-3H3,(H3,15,16,17,18). The monoisotopic (exact) mass is 279 g/mol. The molecule has 0 fully saturated rings. The van der Waals surface area contributed by atoms with E-state index >= 15 is 0 Å². The van der Waals surface area contributed by atoms with Crippen molar-refractivity contribution in [3.63, 3.8) is 0 Å². The number of nitrogens with one attached hydrogen (secondary N) is 1. The Balaban J connectivity index is 2.27. The van der Waals surface area contributed by atoms with E-state index in [1.807, 2.05) is 25.1 Å². The van der Waals surface area contributed by atoms with Crippen LogP contribution in [0.25, 0.3) is 5.69 Å². The summed E-state index contributed by atoms with van der Waals surface area (Å²) in [6.07, 6.45) is 0. The van der Waals surface area contributed by atoms with Crippen LogP contribution in [0.15, 0.2) is 18.2 Å². The summed E-state index contributed by atoms with van der Waals surface area (Å²) in [5, 5.41) is 8.16. The normalized spacial score (nSPS) is 11.0. The van der Waals surface area contributed by atoms with Gasteiger partial charge in [0.25, 0.3) is 0 Å². The Bertz CT molecular complexity index is 576. The minimum atomic E-state index is 0.339. The van der Waals surface area contributed by atoms with Gasteiger partial charge in [0.15, 0.2) is 0 Å². The first kappa shape index (κ1) is 13.7. The quantitative estimate of drug-likeness (QED) is 0.903. The smallest absolute Gasteiger partial charge is 0.244 e. The van der Waals surface area contributed by atoms with Crippen molar-refractivity contribution in [1.29, 1.82) is 0 Å². The van der Waals surface area contributed by atoms with E-state index in [-0.39, 0.29) is 0 Å². The molecule has 5 nitrogen and oxygen atoms in total. The number of nitrogens with two attached hydrogens (primary N) is 1. The van der Waals surface area contributed by atoms with Gasteiger partial charge in [-0.05, 0) is 30.5 Å². The third-order valence-corrected chi connectivity index (χ3v) is 3.11. The molecular formula is C13H18ClN5. The van der Waals surface area contributed by atoms with Crippen LogP contribution in [0.1, 0.15) is 19.4 Å². The predicted octanol–water partition coefficient (Wildman–Crippen LogP) is 2.88. The van der Waals surface area contributed by atoms with Gasteiger partial charge in [0.05, 0.1) is 5.69 Å². The average Bonchev–Trinajstić information content (AvgIpc) is 2.72. The number of halogens is 1. The largest absolute Gasteiger partial charge is 0.368 e. The molecule has 1 aromatic carbocycles. The van der Waals surface area contributed by atoms with Crippen LogP contribution in [0.3, 0.4) is 0 Å². The van der Waals surface area contributed by atoms with Crippen LogP contribution in [0.5, 0.6) is 0 Å². The zero-order chi connectivity index (χ0) is 14.0. The first-order valence-corrected chi connectivity index (χ1v) is 6.58. The number of anilines is 2. The van der Waals surface area contributed by atoms with Gasteiger partial charge in [-0.2, -0.15) is 9.67 Å². The number of benzene rings is 1. The van der Waals surface area contributed by atoms with Crippen molar-refractivity contribution in [2.45, 2.75) is 20.8 Å². The van der Waals surface area contributed by atoms with Crippen molar-refractivity contribution in [2.75, 3.05) is 17.6 Å². The van der Waals surface area contributed by atoms with Crippen molar-refractivity contribution in [3.8, 4) is 5.69 Å². The molecule has 2 aromatic rings. The van der Waals surface area contributed by atoms with E-state index < -0.39 is 0 Å². The summed E-state index contributed by atoms with van der Waals surface area (Å²) in [6.45, 7) is 6.99. The number of nitrogens with zero attached hydrogens (tertiary/aromatic N) is 3. The molecular weight excluding hydrogens is 262 g/mol. The van der Waals surface area contributed by atoms with Gasteiger partial charge in [-0.25, -0.2) is 0 Å². The van der Waals surface area contributed by atoms with E-state index in [4.69, 9.17) is 17.3 Å². The summed E-state index contributed by atoms with van der Waals surface area (Å²) < 4.78 is 1.58. The number of hydrogen-bond donors (Lipinski definition) is 2. The van der Waals surface area contributed by atoms with Gasteiger partial charge in [-0.15, -0.1) is 5.10 Å². The first-order valence-electron chi connectivity index (χ1n) is 6.20. The van der Waals surface area contributed by atoms with Crippen LogP contribution in [-0.4, -0.2) is 21.3 Å². The van der Waals surface area contributed by atoms with Crippen LogP contribution >= 0.6 is 11.6 Å². The summed E-state index contributed by atoms with van der Waals surface area (Å²) in [5.41, 5.74) is 7.69. The highest BCUT2D eigenvalue weighted by molar-refractivity contribution is 6.31. The third kappa shape index (κ3) is 3.17. The molecule has 1 heterocycles. The minimum absolute atomic E-state index is 0.339. The maximum Gasteiger partial charge on any atom is 0.244 e. The highest BCUT2D eigenvalue weighted by Crippen LogP contribution is 2.21. The lowest BCUT2D eigenvalue weighted by atomic mass is 10.2. The lowest BCUT2D eigenvalue weighted by Crippen LogP contribution is -2.09. The van der Waals surface area contributed by atoms with Gasteiger partial charge >= 0.3 is 0 Å². The summed E-state index contributed by atoms with van der Waals surface area (Å²) in [6, 6.07) is 5.67. The van der Waals surface area contributed by atoms with Gasteiger partial charge in [-0.3, -0.25) is 0 Å². The Labute approximate surface area is 117 Å². The second-order valence-electron chi connectivity index (χ2n) is 4.91. The van der Waals surface area contributed by atoms with Gasteiger partial charge in [0.1, 0.15) is 0 Å². The number of rotatable bonds is 4. The molecule has 0 aliphatic rings. The maximum absolute atomic E-state index is 6.11. The van der Waals surface area contributed by atoms with E-state index in [0.29, 0.717) is 22.8 Å². The molecule has 0 amide bonds. The molecule has 0 radical (unpaired) electrons. The van der Waals surface area contributed by atoms with E-state index in [1.54, 1.807) is 4.68 Å². The Morgan fingerprint density at radius 2 is 2.16 bits per heavy atom. The average molecular weight is 280 g/mol. The summed E-state index contributed by atoms with van der Waals surface area (Å²) >= 11 is 6.11. The van der Waals surface area contributed by atoms with Crippen LogP contribution in [0.4, 0.5) is 11.9 Å². The van der Waals surface area contributed by atoms with Crippen molar-refractivity contribution < 1.29 is 0 Å². The third-order valence-electron chi connectivity index (χ3n) is 2.70. The molecule has 0 aliphatic carbocycles. The number of aryl methyl sites for hydroxylation is 1. The summed E-state index contributed by atoms with van der Waals surface area (Å²) in [7, 11) is 0. The molecule has 2 rings (SSSR count). The SMILES string of the molecule is Cc1ccc(-n2nc(NCC(C)C)nc2N)cc1Cl. The van der Waals surface area contributed by atoms with Crippen molar-refractivity contribution in [1.82, 2.24) is 14.8 Å². The topological polar surface area (TPSA) is 68.8 Å². The molecule has 19 heavy (non-hydrogen) atoms. The number of nitrogen functional groups attached to an aromatic ring is 1. The Morgan fingerprint density at radius 1 is 1.42 bits per heavy atom. The minimum Gasteiger partial charge on any atom is -0.368 e. The number of aromatic nitrogens is 3. The van der Waals surface area contributed by atoms with Crippen LogP contribution in [-0.2, 0) is 0 Å². The molecule has 0 atom stereocenters. The fraction of sp³-hybridized carbons (Fsp3) is 0.385. The van der Waals surface area contributed by atoms with Gasteiger partial charge in [0, 0.05) is 11.6 Å². The van der Waals surface area contributed by atoms with Gasteiger partial charge < -0.3 is 11.1 Å². The highest BCUT2D eigenvalue weighted by atomic mass is 35.5. The van der Waals surface area contributed by atoms with Crippen LogP contribution in [0, 0.1) is 12.8 Å². The lowest BCUT2D eigenvalue weighted by molar-refractivity contribution is 0.684. The Morgan fingerprint density at radius 3 is 2.79 bits per heavy atom. The van der Waals surface area contributed by atoms with E-state index in [9.17, 15) is 0 Å².